The molecule has 0 fully saturated rings. The molecule has 0 unspecified atom stereocenters. The number of hydrogen-bond donors (Lipinski definition) is 2. The molecular weight excluding hydrogens is 372 g/mol. The largest absolute Gasteiger partial charge is 0.476 e. The third-order valence-electron chi connectivity index (χ3n) is 4.98. The summed E-state index contributed by atoms with van der Waals surface area (Å²) in [4.78, 5) is 17.4. The van der Waals surface area contributed by atoms with Crippen molar-refractivity contribution in [3.8, 4) is 33.0 Å². The first-order valence-corrected chi connectivity index (χ1v) is 9.85. The zero-order chi connectivity index (χ0) is 19.1. The van der Waals surface area contributed by atoms with Gasteiger partial charge in [0, 0.05) is 16.0 Å². The first-order valence-electron chi connectivity index (χ1n) is 9.03. The van der Waals surface area contributed by atoms with Crippen LogP contribution < -0.4 is 0 Å². The van der Waals surface area contributed by atoms with Gasteiger partial charge in [0.2, 0.25) is 0 Å². The molecule has 2 N–H and O–H groups in total. The van der Waals surface area contributed by atoms with Gasteiger partial charge in [0.25, 0.3) is 0 Å². The molecule has 138 valence electrons. The number of nitrogens with zero attached hydrogens (tertiary/aromatic N) is 3. The van der Waals surface area contributed by atoms with Crippen molar-refractivity contribution in [1.29, 1.82) is 0 Å². The lowest BCUT2D eigenvalue weighted by Crippen LogP contribution is -1.99. The maximum atomic E-state index is 11.2. The molecule has 0 spiro atoms. The average molecular weight is 388 g/mol. The number of H-pyrrole nitrogens is 1. The predicted octanol–water partition coefficient (Wildman–Crippen LogP) is 4.45. The van der Waals surface area contributed by atoms with Crippen LogP contribution in [-0.2, 0) is 12.8 Å². The summed E-state index contributed by atoms with van der Waals surface area (Å²) in [6.45, 7) is 0. The highest BCUT2D eigenvalue weighted by Crippen LogP contribution is 2.34. The fourth-order valence-electron chi connectivity index (χ4n) is 3.52. The van der Waals surface area contributed by atoms with Gasteiger partial charge in [-0.15, -0.1) is 16.4 Å². The van der Waals surface area contributed by atoms with Gasteiger partial charge < -0.3 is 5.11 Å². The Hall–Kier alpha value is -3.32. The summed E-state index contributed by atoms with van der Waals surface area (Å²) in [5.41, 5.74) is 5.61. The minimum atomic E-state index is -1.08. The molecule has 28 heavy (non-hydrogen) atoms. The van der Waals surface area contributed by atoms with E-state index < -0.39 is 5.97 Å². The minimum absolute atomic E-state index is 0.00699. The standard InChI is InChI=1S/C21H16N4O2S/c26-21(27)19-18(23-25-24-19)14-8-4-12(5-9-14)13-6-10-15(11-7-13)20-22-16-2-1-3-17(16)28-20/h4-11H,1-3H2,(H,26,27)(H,23,24,25). The molecule has 0 aliphatic heterocycles. The maximum absolute atomic E-state index is 11.2. The van der Waals surface area contributed by atoms with Gasteiger partial charge in [-0.25, -0.2) is 9.78 Å². The van der Waals surface area contributed by atoms with Gasteiger partial charge in [0.15, 0.2) is 5.69 Å². The van der Waals surface area contributed by atoms with Crippen molar-refractivity contribution in [1.82, 2.24) is 20.4 Å². The molecule has 1 aliphatic rings. The predicted molar refractivity (Wildman–Crippen MR) is 107 cm³/mol. The van der Waals surface area contributed by atoms with E-state index in [9.17, 15) is 9.90 Å². The molecule has 0 radical (unpaired) electrons. The summed E-state index contributed by atoms with van der Waals surface area (Å²) in [5, 5.41) is 20.2. The number of carbonyl (C=O) groups is 1. The average Bonchev–Trinajstić information content (AvgIpc) is 3.44. The number of nitrogens with one attached hydrogen (secondary N) is 1. The second-order valence-corrected chi connectivity index (χ2v) is 7.82. The topological polar surface area (TPSA) is 91.8 Å². The summed E-state index contributed by atoms with van der Waals surface area (Å²) in [6.07, 6.45) is 3.49. The Bertz CT molecular complexity index is 1140. The number of fused-ring (bicyclic) bond motifs is 1. The number of carboxylic acid groups (broad SMARTS) is 1. The van der Waals surface area contributed by atoms with E-state index in [-0.39, 0.29) is 5.69 Å². The maximum Gasteiger partial charge on any atom is 0.356 e. The van der Waals surface area contributed by atoms with Crippen LogP contribution in [0.15, 0.2) is 48.5 Å². The van der Waals surface area contributed by atoms with Crippen LogP contribution in [0.4, 0.5) is 0 Å². The highest BCUT2D eigenvalue weighted by atomic mass is 32.1. The minimum Gasteiger partial charge on any atom is -0.476 e. The molecule has 0 saturated carbocycles. The summed E-state index contributed by atoms with van der Waals surface area (Å²) in [6, 6.07) is 16.0. The molecule has 0 amide bonds. The first-order chi connectivity index (χ1) is 13.7. The summed E-state index contributed by atoms with van der Waals surface area (Å²) in [5.74, 6) is -1.08. The Kier molecular flexibility index (Phi) is 4.02. The Morgan fingerprint density at radius 3 is 2.21 bits per heavy atom. The molecule has 0 atom stereocenters. The Morgan fingerprint density at radius 1 is 0.929 bits per heavy atom. The Balaban J connectivity index is 1.40. The molecule has 4 aromatic rings. The monoisotopic (exact) mass is 388 g/mol. The van der Waals surface area contributed by atoms with Gasteiger partial charge in [-0.3, -0.25) is 5.10 Å². The smallest absolute Gasteiger partial charge is 0.356 e. The van der Waals surface area contributed by atoms with Gasteiger partial charge in [0.1, 0.15) is 10.7 Å². The summed E-state index contributed by atoms with van der Waals surface area (Å²) >= 11 is 1.81. The van der Waals surface area contributed by atoms with Gasteiger partial charge in [-0.05, 0) is 30.4 Å². The Morgan fingerprint density at radius 2 is 1.57 bits per heavy atom. The van der Waals surface area contributed by atoms with Crippen LogP contribution in [0, 0.1) is 0 Å². The molecule has 0 saturated heterocycles. The van der Waals surface area contributed by atoms with E-state index in [1.807, 2.05) is 24.3 Å². The summed E-state index contributed by atoms with van der Waals surface area (Å²) < 4.78 is 0. The lowest BCUT2D eigenvalue weighted by molar-refractivity contribution is 0.0691. The van der Waals surface area contributed by atoms with Crippen molar-refractivity contribution >= 4 is 17.3 Å². The molecule has 7 heteroatoms. The number of aromatic carboxylic acids is 1. The first kappa shape index (κ1) is 16.8. The van der Waals surface area contributed by atoms with Crippen molar-refractivity contribution in [2.75, 3.05) is 0 Å². The third kappa shape index (κ3) is 2.90. The molecule has 2 aromatic carbocycles. The van der Waals surface area contributed by atoms with E-state index in [0.717, 1.165) is 34.5 Å². The number of aromatic nitrogens is 4. The van der Waals surface area contributed by atoms with Crippen molar-refractivity contribution in [2.45, 2.75) is 19.3 Å². The normalized spacial score (nSPS) is 12.9. The van der Waals surface area contributed by atoms with Crippen LogP contribution in [0.2, 0.25) is 0 Å². The van der Waals surface area contributed by atoms with Crippen LogP contribution in [-0.4, -0.2) is 31.5 Å². The van der Waals surface area contributed by atoms with Crippen LogP contribution in [0.1, 0.15) is 27.5 Å². The van der Waals surface area contributed by atoms with E-state index in [4.69, 9.17) is 4.98 Å². The number of thiazole rings is 1. The van der Waals surface area contributed by atoms with E-state index in [1.54, 1.807) is 11.3 Å². The van der Waals surface area contributed by atoms with Crippen molar-refractivity contribution in [2.24, 2.45) is 0 Å². The Labute approximate surface area is 164 Å². The molecule has 2 aromatic heterocycles. The van der Waals surface area contributed by atoms with Gasteiger partial charge in [0.05, 0.1) is 5.69 Å². The fourth-order valence-corrected chi connectivity index (χ4v) is 4.67. The van der Waals surface area contributed by atoms with E-state index in [1.165, 1.54) is 17.0 Å². The van der Waals surface area contributed by atoms with Gasteiger partial charge in [-0.1, -0.05) is 53.7 Å². The molecule has 2 heterocycles. The number of aromatic amines is 1. The lowest BCUT2D eigenvalue weighted by atomic mass is 10.0. The zero-order valence-electron chi connectivity index (χ0n) is 14.8. The SMILES string of the molecule is O=C(O)c1[nH]nnc1-c1ccc(-c2ccc(-c3nc4c(s3)CCC4)cc2)cc1. The molecular formula is C21H16N4O2S. The van der Waals surface area contributed by atoms with Crippen molar-refractivity contribution in [3.05, 3.63) is 64.8 Å². The number of hydrogen-bond acceptors (Lipinski definition) is 5. The molecule has 6 nitrogen and oxygen atoms in total. The van der Waals surface area contributed by atoms with E-state index >= 15 is 0 Å². The number of benzene rings is 2. The van der Waals surface area contributed by atoms with Crippen molar-refractivity contribution < 1.29 is 9.90 Å². The lowest BCUT2D eigenvalue weighted by Gasteiger charge is -2.05. The molecule has 1 aliphatic carbocycles. The number of carboxylic acids is 1. The highest BCUT2D eigenvalue weighted by Gasteiger charge is 2.18. The van der Waals surface area contributed by atoms with Crippen molar-refractivity contribution in [3.63, 3.8) is 0 Å². The second kappa shape index (κ2) is 6.69. The van der Waals surface area contributed by atoms with Gasteiger partial charge >= 0.3 is 5.97 Å². The zero-order valence-corrected chi connectivity index (χ0v) is 15.7. The number of aryl methyl sites for hydroxylation is 2. The van der Waals surface area contributed by atoms with Crippen LogP contribution in [0.25, 0.3) is 33.0 Å². The van der Waals surface area contributed by atoms with Crippen LogP contribution in [0.5, 0.6) is 0 Å². The van der Waals surface area contributed by atoms with Crippen LogP contribution in [0.3, 0.4) is 0 Å². The number of rotatable bonds is 4. The van der Waals surface area contributed by atoms with Gasteiger partial charge in [-0.2, -0.15) is 0 Å². The third-order valence-corrected chi connectivity index (χ3v) is 6.19. The molecule has 0 bridgehead atoms. The van der Waals surface area contributed by atoms with Crippen LogP contribution >= 0.6 is 11.3 Å². The van der Waals surface area contributed by atoms with E-state index in [2.05, 4.69) is 39.7 Å². The van der Waals surface area contributed by atoms with E-state index in [0.29, 0.717) is 11.3 Å². The molecule has 5 rings (SSSR count). The quantitative estimate of drug-likeness (QED) is 0.539. The fraction of sp³-hybridized carbons (Fsp3) is 0.143. The second-order valence-electron chi connectivity index (χ2n) is 6.74. The highest BCUT2D eigenvalue weighted by molar-refractivity contribution is 7.15. The summed E-state index contributed by atoms with van der Waals surface area (Å²) in [7, 11) is 0.